The quantitative estimate of drug-likeness (QED) is 0.166. The van der Waals surface area contributed by atoms with Crippen molar-refractivity contribution in [2.45, 2.75) is 25.3 Å². The van der Waals surface area contributed by atoms with Gasteiger partial charge >= 0.3 is 6.03 Å². The van der Waals surface area contributed by atoms with E-state index >= 15 is 0 Å². The molecule has 3 aromatic carbocycles. The second-order valence-corrected chi connectivity index (χ2v) is 9.35. The fourth-order valence-corrected chi connectivity index (χ4v) is 4.59. The Morgan fingerprint density at radius 3 is 2.38 bits per heavy atom. The van der Waals surface area contributed by atoms with E-state index in [4.69, 9.17) is 0 Å². The number of fused-ring (bicyclic) bond motifs is 2. The summed E-state index contributed by atoms with van der Waals surface area (Å²) in [5.74, 6) is -0.701. The Morgan fingerprint density at radius 1 is 0.821 bits per heavy atom. The van der Waals surface area contributed by atoms with E-state index in [-0.39, 0.29) is 18.7 Å². The SMILES string of the molecule is O=C(Cc1cc2ccccc2[nH]1)NNC(=O)N[C@H](Cc1c[nH]c2ccccc12)C(=O)NCCc1ccccc1. The Hall–Kier alpha value is -5.05. The van der Waals surface area contributed by atoms with Gasteiger partial charge in [0.05, 0.1) is 6.42 Å². The number of H-pyrrole nitrogens is 2. The molecule has 9 nitrogen and oxygen atoms in total. The van der Waals surface area contributed by atoms with Gasteiger partial charge in [0.25, 0.3) is 0 Å². The fraction of sp³-hybridized carbons (Fsp3) is 0.167. The fourth-order valence-electron chi connectivity index (χ4n) is 4.59. The standard InChI is InChI=1S/C30H30N6O3/c37-28(18-23-16-21-10-4-6-12-25(21)33-23)35-36-30(39)34-27(17-22-19-32-26-13-7-5-11-24(22)26)29(38)31-15-14-20-8-2-1-3-9-20/h1-13,16,19,27,32-33H,14-15,17-18H2,(H,31,38)(H,35,37)(H2,34,36,39)/t27-/m1/s1. The van der Waals surface area contributed by atoms with E-state index in [1.807, 2.05) is 91.1 Å². The molecule has 9 heteroatoms. The molecule has 0 unspecified atom stereocenters. The molecule has 0 aliphatic carbocycles. The summed E-state index contributed by atoms with van der Waals surface area (Å²) in [6.07, 6.45) is 2.85. The van der Waals surface area contributed by atoms with Gasteiger partial charge in [0.15, 0.2) is 0 Å². The summed E-state index contributed by atoms with van der Waals surface area (Å²) in [6.45, 7) is 0.428. The molecule has 0 spiro atoms. The highest BCUT2D eigenvalue weighted by atomic mass is 16.2. The zero-order valence-electron chi connectivity index (χ0n) is 21.3. The van der Waals surface area contributed by atoms with E-state index in [1.54, 1.807) is 0 Å². The van der Waals surface area contributed by atoms with Gasteiger partial charge in [-0.2, -0.15) is 0 Å². The minimum absolute atomic E-state index is 0.0632. The molecule has 5 aromatic rings. The maximum absolute atomic E-state index is 13.1. The van der Waals surface area contributed by atoms with Gasteiger partial charge in [0, 0.05) is 41.3 Å². The molecule has 6 N–H and O–H groups in total. The van der Waals surface area contributed by atoms with Gasteiger partial charge in [-0.3, -0.25) is 15.0 Å². The average molecular weight is 523 g/mol. The zero-order chi connectivity index (χ0) is 27.0. The van der Waals surface area contributed by atoms with Crippen molar-refractivity contribution in [3.8, 4) is 0 Å². The van der Waals surface area contributed by atoms with Gasteiger partial charge in [-0.05, 0) is 41.1 Å². The van der Waals surface area contributed by atoms with Crippen molar-refractivity contribution in [3.63, 3.8) is 0 Å². The van der Waals surface area contributed by atoms with Crippen LogP contribution in [0.4, 0.5) is 4.79 Å². The lowest BCUT2D eigenvalue weighted by atomic mass is 10.0. The topological polar surface area (TPSA) is 131 Å². The number of para-hydroxylation sites is 2. The Bertz CT molecular complexity index is 1560. The number of aromatic amines is 2. The van der Waals surface area contributed by atoms with Crippen LogP contribution < -0.4 is 21.5 Å². The number of benzene rings is 3. The number of amides is 4. The molecule has 0 saturated heterocycles. The van der Waals surface area contributed by atoms with E-state index < -0.39 is 18.0 Å². The predicted molar refractivity (Wildman–Crippen MR) is 151 cm³/mol. The van der Waals surface area contributed by atoms with Crippen LogP contribution in [0.1, 0.15) is 16.8 Å². The molecule has 5 rings (SSSR count). The van der Waals surface area contributed by atoms with Crippen LogP contribution in [0.25, 0.3) is 21.8 Å². The van der Waals surface area contributed by atoms with Crippen LogP contribution in [0.3, 0.4) is 0 Å². The summed E-state index contributed by atoms with van der Waals surface area (Å²) in [6, 6.07) is 25.7. The Kier molecular flexibility index (Phi) is 7.87. The minimum atomic E-state index is -0.856. The first kappa shape index (κ1) is 25.6. The summed E-state index contributed by atoms with van der Waals surface area (Å²) in [4.78, 5) is 44.7. The third-order valence-corrected chi connectivity index (χ3v) is 6.53. The number of nitrogens with one attached hydrogen (secondary N) is 6. The first-order valence-corrected chi connectivity index (χ1v) is 12.8. The molecule has 198 valence electrons. The molecule has 0 saturated carbocycles. The van der Waals surface area contributed by atoms with Crippen molar-refractivity contribution in [3.05, 3.63) is 108 Å². The second kappa shape index (κ2) is 12.0. The van der Waals surface area contributed by atoms with Crippen LogP contribution in [0.15, 0.2) is 91.1 Å². The Labute approximate surface area is 225 Å². The monoisotopic (exact) mass is 522 g/mol. The molecule has 39 heavy (non-hydrogen) atoms. The molecule has 2 aromatic heterocycles. The molecule has 0 bridgehead atoms. The predicted octanol–water partition coefficient (Wildman–Crippen LogP) is 3.49. The van der Waals surface area contributed by atoms with Crippen molar-refractivity contribution in [2.75, 3.05) is 6.54 Å². The van der Waals surface area contributed by atoms with Gasteiger partial charge in [-0.1, -0.05) is 66.7 Å². The third kappa shape index (κ3) is 6.64. The molecule has 0 radical (unpaired) electrons. The van der Waals surface area contributed by atoms with E-state index in [2.05, 4.69) is 31.5 Å². The summed E-state index contributed by atoms with van der Waals surface area (Å²) in [5.41, 5.74) is 9.40. The van der Waals surface area contributed by atoms with Gasteiger partial charge in [0.1, 0.15) is 6.04 Å². The number of rotatable bonds is 9. The molecule has 0 aliphatic rings. The van der Waals surface area contributed by atoms with E-state index in [0.717, 1.165) is 38.6 Å². The average Bonchev–Trinajstić information content (AvgIpc) is 3.55. The van der Waals surface area contributed by atoms with Gasteiger partial charge in [0.2, 0.25) is 11.8 Å². The van der Waals surface area contributed by atoms with Crippen molar-refractivity contribution >= 4 is 39.7 Å². The van der Waals surface area contributed by atoms with Crippen LogP contribution in [0.2, 0.25) is 0 Å². The van der Waals surface area contributed by atoms with Crippen molar-refractivity contribution in [1.82, 2.24) is 31.5 Å². The number of urea groups is 1. The summed E-state index contributed by atoms with van der Waals surface area (Å²) < 4.78 is 0. The second-order valence-electron chi connectivity index (χ2n) is 9.35. The summed E-state index contributed by atoms with van der Waals surface area (Å²) in [7, 11) is 0. The number of aromatic nitrogens is 2. The maximum Gasteiger partial charge on any atom is 0.334 e. The van der Waals surface area contributed by atoms with Crippen LogP contribution in [-0.2, 0) is 28.9 Å². The zero-order valence-corrected chi connectivity index (χ0v) is 21.3. The Balaban J connectivity index is 1.19. The summed E-state index contributed by atoms with van der Waals surface area (Å²) >= 11 is 0. The molecule has 2 heterocycles. The molecular weight excluding hydrogens is 492 g/mol. The molecule has 4 amide bonds. The summed E-state index contributed by atoms with van der Waals surface area (Å²) in [5, 5.41) is 7.62. The van der Waals surface area contributed by atoms with Crippen LogP contribution in [0, 0.1) is 0 Å². The number of hydrogen-bond acceptors (Lipinski definition) is 3. The number of carbonyl (C=O) groups excluding carboxylic acids is 3. The first-order valence-electron chi connectivity index (χ1n) is 12.8. The van der Waals surface area contributed by atoms with Crippen molar-refractivity contribution in [1.29, 1.82) is 0 Å². The lowest BCUT2D eigenvalue weighted by Crippen LogP contribution is -2.55. The van der Waals surface area contributed by atoms with Gasteiger partial charge in [-0.15, -0.1) is 0 Å². The van der Waals surface area contributed by atoms with E-state index in [0.29, 0.717) is 13.0 Å². The first-order chi connectivity index (χ1) is 19.0. The highest BCUT2D eigenvalue weighted by Crippen LogP contribution is 2.19. The highest BCUT2D eigenvalue weighted by Gasteiger charge is 2.23. The molecular formula is C30H30N6O3. The van der Waals surface area contributed by atoms with E-state index in [1.165, 1.54) is 0 Å². The van der Waals surface area contributed by atoms with Crippen LogP contribution >= 0.6 is 0 Å². The van der Waals surface area contributed by atoms with Gasteiger partial charge < -0.3 is 20.6 Å². The lowest BCUT2D eigenvalue weighted by Gasteiger charge is -2.19. The molecule has 0 aliphatic heterocycles. The van der Waals surface area contributed by atoms with Crippen LogP contribution in [0.5, 0.6) is 0 Å². The maximum atomic E-state index is 13.1. The van der Waals surface area contributed by atoms with Gasteiger partial charge in [-0.25, -0.2) is 10.2 Å². The number of hydrazine groups is 1. The number of hydrogen-bond donors (Lipinski definition) is 6. The largest absolute Gasteiger partial charge is 0.361 e. The number of carbonyl (C=O) groups is 3. The van der Waals surface area contributed by atoms with E-state index in [9.17, 15) is 14.4 Å². The van der Waals surface area contributed by atoms with Crippen LogP contribution in [-0.4, -0.2) is 40.4 Å². The minimum Gasteiger partial charge on any atom is -0.361 e. The van der Waals surface area contributed by atoms with Crippen molar-refractivity contribution in [2.24, 2.45) is 0 Å². The molecule has 0 fully saturated rings. The normalized spacial score (nSPS) is 11.7. The third-order valence-electron chi connectivity index (χ3n) is 6.53. The van der Waals surface area contributed by atoms with Crippen molar-refractivity contribution < 1.29 is 14.4 Å². The highest BCUT2D eigenvalue weighted by molar-refractivity contribution is 5.90. The lowest BCUT2D eigenvalue weighted by molar-refractivity contribution is -0.122. The Morgan fingerprint density at radius 2 is 1.56 bits per heavy atom. The smallest absolute Gasteiger partial charge is 0.334 e. The molecule has 1 atom stereocenters.